The molecule has 1 aliphatic rings. The Morgan fingerprint density at radius 2 is 1.11 bits per heavy atom. The van der Waals surface area contributed by atoms with Gasteiger partial charge in [0, 0.05) is 8.55 Å². The molecule has 1 fully saturated rings. The third-order valence-electron chi connectivity index (χ3n) is 0.833. The molecule has 1 heterocycles. The van der Waals surface area contributed by atoms with Crippen molar-refractivity contribution >= 4 is 81.4 Å². The SMILES string of the molecule is Cl[Si]1(Cl)[Si][Si][Si][Si]1(Cl)Cl. The van der Waals surface area contributed by atoms with Gasteiger partial charge in [-0.05, 0) is 0 Å². The summed E-state index contributed by atoms with van der Waals surface area (Å²) in [6.07, 6.45) is 0. The van der Waals surface area contributed by atoms with Gasteiger partial charge < -0.3 is 0 Å². The van der Waals surface area contributed by atoms with Crippen LogP contribution >= 0.6 is 44.3 Å². The van der Waals surface area contributed by atoms with Crippen LogP contribution in [-0.2, 0) is 0 Å². The molecule has 1 aliphatic heterocycles. The van der Waals surface area contributed by atoms with E-state index < -0.39 is 11.5 Å². The Labute approximate surface area is 80.8 Å². The van der Waals surface area contributed by atoms with Crippen molar-refractivity contribution in [1.29, 1.82) is 0 Å². The van der Waals surface area contributed by atoms with Crippen molar-refractivity contribution in [3.63, 3.8) is 0 Å². The first kappa shape index (κ1) is 9.33. The number of halogens is 4. The van der Waals surface area contributed by atoms with E-state index >= 15 is 0 Å². The summed E-state index contributed by atoms with van der Waals surface area (Å²) in [5, 5.41) is 0. The standard InChI is InChI=1S/Cl4Si5/c1-8(2)6-5-7-9(8,3)4. The molecule has 0 nitrogen and oxygen atoms in total. The van der Waals surface area contributed by atoms with E-state index in [0.717, 1.165) is 8.55 Å². The van der Waals surface area contributed by atoms with Crippen LogP contribution < -0.4 is 0 Å². The fourth-order valence-corrected chi connectivity index (χ4v) is 83.9. The molecule has 0 saturated carbocycles. The van der Waals surface area contributed by atoms with Gasteiger partial charge in [-0.25, -0.2) is 0 Å². The van der Waals surface area contributed by atoms with Crippen molar-refractivity contribution in [3.05, 3.63) is 0 Å². The molecule has 0 bridgehead atoms. The fourth-order valence-electron chi connectivity index (χ4n) is 0.345. The maximum atomic E-state index is 5.99. The van der Waals surface area contributed by atoms with Gasteiger partial charge in [0.15, 0.2) is 0 Å². The molecular formula is Cl4Si5. The second-order valence-corrected chi connectivity index (χ2v) is 41.1. The quantitative estimate of drug-likeness (QED) is 0.456. The number of hydrogen-bond donors (Lipinski definition) is 0. The molecule has 0 aromatic heterocycles. The third-order valence-corrected chi connectivity index (χ3v) is 67.5. The van der Waals surface area contributed by atoms with Crippen LogP contribution in [-0.4, -0.2) is 37.1 Å². The summed E-state index contributed by atoms with van der Waals surface area (Å²) < 4.78 is 0. The van der Waals surface area contributed by atoms with E-state index in [4.69, 9.17) is 44.3 Å². The summed E-state index contributed by atoms with van der Waals surface area (Å²) in [7, 11) is 2.25. The lowest BCUT2D eigenvalue weighted by Crippen LogP contribution is -2.48. The molecule has 0 aromatic rings. The Morgan fingerprint density at radius 1 is 0.778 bits per heavy atom. The van der Waals surface area contributed by atoms with Crippen molar-refractivity contribution in [2.24, 2.45) is 0 Å². The van der Waals surface area contributed by atoms with Crippen LogP contribution in [0.15, 0.2) is 0 Å². The maximum absolute atomic E-state index is 5.99. The summed E-state index contributed by atoms with van der Waals surface area (Å²) in [6.45, 7) is 0. The highest BCUT2D eigenvalue weighted by Gasteiger charge is 2.57. The van der Waals surface area contributed by atoms with E-state index in [1.54, 1.807) is 0 Å². The normalized spacial score (nSPS) is 30.7. The molecule has 9 heavy (non-hydrogen) atoms. The van der Waals surface area contributed by atoms with Crippen molar-refractivity contribution in [2.45, 2.75) is 0 Å². The Bertz CT molecular complexity index is 104. The van der Waals surface area contributed by atoms with Crippen molar-refractivity contribution < 1.29 is 0 Å². The minimum atomic E-state index is -2.10. The van der Waals surface area contributed by atoms with E-state index in [1.807, 2.05) is 0 Å². The van der Waals surface area contributed by atoms with Crippen LogP contribution in [0.3, 0.4) is 0 Å². The van der Waals surface area contributed by atoms with Gasteiger partial charge in [0.05, 0.1) is 17.1 Å². The topological polar surface area (TPSA) is 0 Å². The summed E-state index contributed by atoms with van der Waals surface area (Å²) >= 11 is 24.0. The minimum absolute atomic E-state index is 0.694. The molecule has 6 radical (unpaired) electrons. The molecule has 0 aromatic carbocycles. The average molecular weight is 282 g/mol. The maximum Gasteiger partial charge on any atom is 0.249 e. The Morgan fingerprint density at radius 3 is 1.22 bits per heavy atom. The first-order chi connectivity index (χ1) is 3.96. The van der Waals surface area contributed by atoms with E-state index in [-0.39, 0.29) is 0 Å². The highest BCUT2D eigenvalue weighted by molar-refractivity contribution is 8.22. The molecule has 0 N–H and O–H groups in total. The summed E-state index contributed by atoms with van der Waals surface area (Å²) in [5.74, 6) is 0. The van der Waals surface area contributed by atoms with E-state index in [9.17, 15) is 0 Å². The fraction of sp³-hybridized carbons (Fsp3) is 0. The van der Waals surface area contributed by atoms with Gasteiger partial charge in [-0.1, -0.05) is 0 Å². The molecular weight excluding hydrogens is 282 g/mol. The molecule has 48 valence electrons. The Kier molecular flexibility index (Phi) is 3.05. The van der Waals surface area contributed by atoms with E-state index in [1.165, 1.54) is 0 Å². The molecule has 1 rings (SSSR count). The summed E-state index contributed by atoms with van der Waals surface area (Å²) in [4.78, 5) is 0. The van der Waals surface area contributed by atoms with Crippen LogP contribution in [0, 0.1) is 0 Å². The number of rotatable bonds is 0. The molecule has 9 heteroatoms. The summed E-state index contributed by atoms with van der Waals surface area (Å²) in [6, 6.07) is 0. The predicted molar refractivity (Wildman–Crippen MR) is 52.2 cm³/mol. The largest absolute Gasteiger partial charge is 0.249 e. The van der Waals surface area contributed by atoms with Gasteiger partial charge >= 0.3 is 0 Å². The van der Waals surface area contributed by atoms with Gasteiger partial charge in [0.2, 0.25) is 11.5 Å². The van der Waals surface area contributed by atoms with Gasteiger partial charge in [-0.15, -0.1) is 0 Å². The van der Waals surface area contributed by atoms with Crippen LogP contribution in [0.25, 0.3) is 0 Å². The predicted octanol–water partition coefficient (Wildman–Crippen LogP) is 0.854. The van der Waals surface area contributed by atoms with Crippen molar-refractivity contribution in [1.82, 2.24) is 0 Å². The van der Waals surface area contributed by atoms with Gasteiger partial charge in [-0.3, -0.25) is 0 Å². The molecule has 0 atom stereocenters. The molecule has 0 unspecified atom stereocenters. The second kappa shape index (κ2) is 2.94. The minimum Gasteiger partial charge on any atom is -0.152 e. The van der Waals surface area contributed by atoms with E-state index in [2.05, 4.69) is 0 Å². The highest BCUT2D eigenvalue weighted by Crippen LogP contribution is 2.34. The van der Waals surface area contributed by atoms with Crippen LogP contribution in [0.4, 0.5) is 0 Å². The first-order valence-corrected chi connectivity index (χ1v) is 18.1. The van der Waals surface area contributed by atoms with Crippen LogP contribution in [0.2, 0.25) is 0 Å². The molecule has 1 saturated heterocycles. The van der Waals surface area contributed by atoms with Gasteiger partial charge in [-0.2, -0.15) is 44.3 Å². The number of hydrogen-bond acceptors (Lipinski definition) is 0. The van der Waals surface area contributed by atoms with Gasteiger partial charge in [0.1, 0.15) is 0 Å². The summed E-state index contributed by atoms with van der Waals surface area (Å²) in [5.41, 5.74) is -4.20. The Balaban J connectivity index is 2.75. The lowest BCUT2D eigenvalue weighted by Gasteiger charge is -2.18. The van der Waals surface area contributed by atoms with Crippen LogP contribution in [0.1, 0.15) is 0 Å². The zero-order valence-electron chi connectivity index (χ0n) is 4.01. The monoisotopic (exact) mass is 280 g/mol. The van der Waals surface area contributed by atoms with Crippen molar-refractivity contribution in [3.8, 4) is 0 Å². The highest BCUT2D eigenvalue weighted by atomic mass is 35.8. The van der Waals surface area contributed by atoms with Gasteiger partial charge in [0.25, 0.3) is 0 Å². The third kappa shape index (κ3) is 1.88. The van der Waals surface area contributed by atoms with E-state index in [0.29, 0.717) is 17.1 Å². The lowest BCUT2D eigenvalue weighted by molar-refractivity contribution is 3.48. The Hall–Kier alpha value is 2.24. The van der Waals surface area contributed by atoms with Crippen LogP contribution in [0.5, 0.6) is 0 Å². The zero-order chi connectivity index (χ0) is 7.12. The van der Waals surface area contributed by atoms with Crippen molar-refractivity contribution in [2.75, 3.05) is 0 Å². The zero-order valence-corrected chi connectivity index (χ0v) is 12.0. The molecule has 0 aliphatic carbocycles. The molecule has 0 spiro atoms. The molecule has 0 amide bonds. The average Bonchev–Trinajstić information content (AvgIpc) is 1.81. The lowest BCUT2D eigenvalue weighted by atomic mass is 26.3. The first-order valence-electron chi connectivity index (χ1n) is 2.01. The smallest absolute Gasteiger partial charge is 0.152 e. The second-order valence-electron chi connectivity index (χ2n) is 1.52.